The molecule has 46 valence electrons. The molecule has 0 aromatic carbocycles. The first-order valence-corrected chi connectivity index (χ1v) is 3.36. The topological polar surface area (TPSA) is 29.1 Å². The second-order valence-corrected chi connectivity index (χ2v) is 2.35. The molecule has 1 saturated heterocycles. The summed E-state index contributed by atoms with van der Waals surface area (Å²) in [6.45, 7) is 0. The first-order valence-electron chi connectivity index (χ1n) is 2.73. The molecule has 0 saturated carbocycles. The third-order valence-electron chi connectivity index (χ3n) is 1.31. The molecule has 0 radical (unpaired) electrons. The summed E-state index contributed by atoms with van der Waals surface area (Å²) in [5.74, 6) is 0.940. The van der Waals surface area contributed by atoms with Gasteiger partial charge < -0.3 is 5.32 Å². The van der Waals surface area contributed by atoms with Crippen molar-refractivity contribution in [1.82, 2.24) is 5.32 Å². The zero-order valence-corrected chi connectivity index (χ0v) is 5.45. The van der Waals surface area contributed by atoms with Crippen LogP contribution in [0.1, 0.15) is 12.8 Å². The number of rotatable bonds is 1. The van der Waals surface area contributed by atoms with Gasteiger partial charge in [-0.15, -0.1) is 0 Å². The maximum Gasteiger partial charge on any atom is 0.220 e. The molecule has 1 aliphatic heterocycles. The average Bonchev–Trinajstić information content (AvgIpc) is 2.14. The molecular weight excluding hydrogens is 122 g/mol. The Kier molecular flexibility index (Phi) is 1.78. The van der Waals surface area contributed by atoms with Gasteiger partial charge in [-0.25, -0.2) is 0 Å². The summed E-state index contributed by atoms with van der Waals surface area (Å²) in [4.78, 5) is 10.5. The summed E-state index contributed by atoms with van der Waals surface area (Å²) in [5, 5.41) is 2.79. The Hall–Kier alpha value is -0.180. The third-order valence-corrected chi connectivity index (χ3v) is 1.75. The number of carbonyl (C=O) groups is 1. The van der Waals surface area contributed by atoms with Gasteiger partial charge in [-0.1, -0.05) is 0 Å². The van der Waals surface area contributed by atoms with Crippen molar-refractivity contribution < 1.29 is 4.79 Å². The molecule has 0 aromatic heterocycles. The van der Waals surface area contributed by atoms with E-state index in [1.54, 1.807) is 0 Å². The van der Waals surface area contributed by atoms with E-state index in [9.17, 15) is 4.79 Å². The molecule has 0 aliphatic carbocycles. The average molecular weight is 131 g/mol. The van der Waals surface area contributed by atoms with Crippen molar-refractivity contribution in [3.63, 3.8) is 0 Å². The van der Waals surface area contributed by atoms with Crippen LogP contribution in [0.15, 0.2) is 0 Å². The normalized spacial score (nSPS) is 28.1. The Balaban J connectivity index is 2.32. The summed E-state index contributed by atoms with van der Waals surface area (Å²) < 4.78 is 0. The molecule has 0 bridgehead atoms. The minimum atomic E-state index is 0.170. The lowest BCUT2D eigenvalue weighted by atomic mass is 10.2. The van der Waals surface area contributed by atoms with Crippen molar-refractivity contribution in [2.75, 3.05) is 5.75 Å². The van der Waals surface area contributed by atoms with Crippen LogP contribution in [0.4, 0.5) is 0 Å². The maximum atomic E-state index is 10.5. The van der Waals surface area contributed by atoms with Gasteiger partial charge in [-0.3, -0.25) is 4.79 Å². The van der Waals surface area contributed by atoms with E-state index in [1.165, 1.54) is 0 Å². The number of hydrogen-bond acceptors (Lipinski definition) is 2. The Bertz CT molecular complexity index is 105. The van der Waals surface area contributed by atoms with Gasteiger partial charge >= 0.3 is 0 Å². The number of thiol groups is 1. The minimum Gasteiger partial charge on any atom is -0.353 e. The second kappa shape index (κ2) is 2.40. The van der Waals surface area contributed by atoms with Crippen molar-refractivity contribution in [2.24, 2.45) is 0 Å². The standard InChI is InChI=1S/C5H9NOS/c7-5-2-1-4(3-8)6-5/h4,8H,1-3H2,(H,6,7)/t4-/m0/s1. The fraction of sp³-hybridized carbons (Fsp3) is 0.800. The molecule has 0 aromatic rings. The lowest BCUT2D eigenvalue weighted by Crippen LogP contribution is -2.26. The van der Waals surface area contributed by atoms with E-state index in [4.69, 9.17) is 0 Å². The highest BCUT2D eigenvalue weighted by atomic mass is 32.1. The number of amides is 1. The first-order chi connectivity index (χ1) is 3.83. The van der Waals surface area contributed by atoms with Crippen LogP contribution in [0.3, 0.4) is 0 Å². The third kappa shape index (κ3) is 1.15. The van der Waals surface area contributed by atoms with Crippen LogP contribution in [0.5, 0.6) is 0 Å². The monoisotopic (exact) mass is 131 g/mol. The summed E-state index contributed by atoms with van der Waals surface area (Å²) in [7, 11) is 0. The van der Waals surface area contributed by atoms with Crippen LogP contribution in [0, 0.1) is 0 Å². The van der Waals surface area contributed by atoms with E-state index in [0.29, 0.717) is 12.5 Å². The molecule has 1 rings (SSSR count). The molecule has 0 unspecified atom stereocenters. The minimum absolute atomic E-state index is 0.170. The van der Waals surface area contributed by atoms with Gasteiger partial charge in [-0.2, -0.15) is 12.6 Å². The Morgan fingerprint density at radius 3 is 2.88 bits per heavy atom. The molecule has 1 atom stereocenters. The lowest BCUT2D eigenvalue weighted by Gasteiger charge is -2.01. The quantitative estimate of drug-likeness (QED) is 0.489. The smallest absolute Gasteiger partial charge is 0.220 e. The number of nitrogens with one attached hydrogen (secondary N) is 1. The van der Waals surface area contributed by atoms with Gasteiger partial charge in [0.15, 0.2) is 0 Å². The van der Waals surface area contributed by atoms with Crippen molar-refractivity contribution >= 4 is 18.5 Å². The number of carbonyl (C=O) groups excluding carboxylic acids is 1. The van der Waals surface area contributed by atoms with Gasteiger partial charge in [0.2, 0.25) is 5.91 Å². The van der Waals surface area contributed by atoms with Crippen molar-refractivity contribution in [3.05, 3.63) is 0 Å². The van der Waals surface area contributed by atoms with Crippen LogP contribution >= 0.6 is 12.6 Å². The summed E-state index contributed by atoms with van der Waals surface area (Å²) >= 11 is 4.04. The molecule has 2 nitrogen and oxygen atoms in total. The molecule has 1 aliphatic rings. The summed E-state index contributed by atoms with van der Waals surface area (Å²) in [6.07, 6.45) is 1.65. The van der Waals surface area contributed by atoms with E-state index in [0.717, 1.165) is 12.2 Å². The van der Waals surface area contributed by atoms with Gasteiger partial charge in [0.1, 0.15) is 0 Å². The Morgan fingerprint density at radius 2 is 2.62 bits per heavy atom. The van der Waals surface area contributed by atoms with Gasteiger partial charge in [0.25, 0.3) is 0 Å². The molecule has 1 heterocycles. The summed E-state index contributed by atoms with van der Waals surface area (Å²) in [5.41, 5.74) is 0. The van der Waals surface area contributed by atoms with E-state index in [1.807, 2.05) is 0 Å². The molecule has 3 heteroatoms. The van der Waals surface area contributed by atoms with E-state index in [-0.39, 0.29) is 5.91 Å². The van der Waals surface area contributed by atoms with Crippen LogP contribution in [0.2, 0.25) is 0 Å². The molecule has 1 amide bonds. The van der Waals surface area contributed by atoms with Crippen molar-refractivity contribution in [1.29, 1.82) is 0 Å². The lowest BCUT2D eigenvalue weighted by molar-refractivity contribution is -0.119. The first kappa shape index (κ1) is 5.95. The van der Waals surface area contributed by atoms with Crippen molar-refractivity contribution in [2.45, 2.75) is 18.9 Å². The highest BCUT2D eigenvalue weighted by Gasteiger charge is 2.18. The maximum absolute atomic E-state index is 10.5. The van der Waals surface area contributed by atoms with E-state index < -0.39 is 0 Å². The van der Waals surface area contributed by atoms with Crippen LogP contribution in [-0.4, -0.2) is 17.7 Å². The fourth-order valence-electron chi connectivity index (χ4n) is 0.814. The predicted octanol–water partition coefficient (Wildman–Crippen LogP) is 0.195. The van der Waals surface area contributed by atoms with Crippen LogP contribution in [0.25, 0.3) is 0 Å². The van der Waals surface area contributed by atoms with Gasteiger partial charge in [-0.05, 0) is 6.42 Å². The largest absolute Gasteiger partial charge is 0.353 e. The zero-order valence-electron chi connectivity index (χ0n) is 4.55. The second-order valence-electron chi connectivity index (χ2n) is 1.99. The zero-order chi connectivity index (χ0) is 5.98. The van der Waals surface area contributed by atoms with Gasteiger partial charge in [0.05, 0.1) is 0 Å². The Morgan fingerprint density at radius 1 is 1.88 bits per heavy atom. The SMILES string of the molecule is O=C1CC[C@@H](CS)N1. The van der Waals surface area contributed by atoms with Crippen molar-refractivity contribution in [3.8, 4) is 0 Å². The van der Waals surface area contributed by atoms with E-state index >= 15 is 0 Å². The predicted molar refractivity (Wildman–Crippen MR) is 35.0 cm³/mol. The van der Waals surface area contributed by atoms with Crippen LogP contribution < -0.4 is 5.32 Å². The fourth-order valence-corrected chi connectivity index (χ4v) is 1.09. The Labute approximate surface area is 54.1 Å². The number of hydrogen-bond donors (Lipinski definition) is 2. The highest BCUT2D eigenvalue weighted by molar-refractivity contribution is 7.80. The van der Waals surface area contributed by atoms with Gasteiger partial charge in [0, 0.05) is 18.2 Å². The highest BCUT2D eigenvalue weighted by Crippen LogP contribution is 2.06. The molecule has 1 fully saturated rings. The molecule has 1 N–H and O–H groups in total. The van der Waals surface area contributed by atoms with Crippen LogP contribution in [-0.2, 0) is 4.79 Å². The summed E-state index contributed by atoms with van der Waals surface area (Å²) in [6, 6.07) is 0.339. The van der Waals surface area contributed by atoms with E-state index in [2.05, 4.69) is 17.9 Å². The molecule has 8 heavy (non-hydrogen) atoms. The molecular formula is C5H9NOS. The molecule has 0 spiro atoms.